The van der Waals surface area contributed by atoms with Crippen molar-refractivity contribution in [2.45, 2.75) is 19.3 Å². The van der Waals surface area contributed by atoms with Crippen LogP contribution in [0, 0.1) is 5.92 Å². The van der Waals surface area contributed by atoms with Crippen LogP contribution in [0.2, 0.25) is 0 Å². The summed E-state index contributed by atoms with van der Waals surface area (Å²) in [6, 6.07) is 8.48. The maximum Gasteiger partial charge on any atom is 0.225 e. The van der Waals surface area contributed by atoms with Crippen LogP contribution in [0.5, 0.6) is 0 Å². The third-order valence-corrected chi connectivity index (χ3v) is 5.63. The summed E-state index contributed by atoms with van der Waals surface area (Å²) in [5.74, 6) is 0.533. The zero-order valence-electron chi connectivity index (χ0n) is 14.7. The molecular weight excluding hydrogens is 314 g/mol. The summed E-state index contributed by atoms with van der Waals surface area (Å²) in [6.45, 7) is 6.23. The molecule has 2 aliphatic heterocycles. The van der Waals surface area contributed by atoms with Gasteiger partial charge in [-0.3, -0.25) is 9.69 Å². The zero-order valence-corrected chi connectivity index (χ0v) is 14.7. The van der Waals surface area contributed by atoms with Crippen molar-refractivity contribution in [2.75, 3.05) is 45.9 Å². The predicted molar refractivity (Wildman–Crippen MR) is 98.6 cm³/mol. The SMILES string of the molecule is O=C(C1CCOCC1)N1CCN(CCc2c[nH]c3ccccc23)CC1. The molecule has 5 nitrogen and oxygen atoms in total. The Labute approximate surface area is 148 Å². The molecule has 0 unspecified atom stereocenters. The second kappa shape index (κ2) is 7.58. The molecule has 2 fully saturated rings. The maximum atomic E-state index is 12.6. The number of carbonyl (C=O) groups is 1. The fraction of sp³-hybridized carbons (Fsp3) is 0.550. The van der Waals surface area contributed by atoms with Gasteiger partial charge in [-0.1, -0.05) is 18.2 Å². The van der Waals surface area contributed by atoms with E-state index in [1.807, 2.05) is 0 Å². The Balaban J connectivity index is 1.27. The molecule has 5 heteroatoms. The van der Waals surface area contributed by atoms with Crippen molar-refractivity contribution < 1.29 is 9.53 Å². The summed E-state index contributed by atoms with van der Waals surface area (Å²) in [4.78, 5) is 20.5. The van der Waals surface area contributed by atoms with Gasteiger partial charge in [0, 0.05) is 69.0 Å². The van der Waals surface area contributed by atoms with Crippen LogP contribution in [0.3, 0.4) is 0 Å². The second-order valence-corrected chi connectivity index (χ2v) is 7.16. The summed E-state index contributed by atoms with van der Waals surface area (Å²) in [6.07, 6.45) is 4.97. The lowest BCUT2D eigenvalue weighted by molar-refractivity contribution is -0.140. The first-order chi connectivity index (χ1) is 12.3. The summed E-state index contributed by atoms with van der Waals surface area (Å²) < 4.78 is 5.37. The van der Waals surface area contributed by atoms with Gasteiger partial charge in [-0.2, -0.15) is 0 Å². The third-order valence-electron chi connectivity index (χ3n) is 5.63. The van der Waals surface area contributed by atoms with Gasteiger partial charge in [-0.25, -0.2) is 0 Å². The van der Waals surface area contributed by atoms with Gasteiger partial charge in [0.05, 0.1) is 0 Å². The van der Waals surface area contributed by atoms with Gasteiger partial charge in [0.1, 0.15) is 0 Å². The Morgan fingerprint density at radius 1 is 1.12 bits per heavy atom. The van der Waals surface area contributed by atoms with Crippen molar-refractivity contribution in [3.05, 3.63) is 36.0 Å². The Morgan fingerprint density at radius 2 is 1.88 bits per heavy atom. The molecular formula is C20H27N3O2. The number of aromatic amines is 1. The minimum Gasteiger partial charge on any atom is -0.381 e. The lowest BCUT2D eigenvalue weighted by Gasteiger charge is -2.37. The number of aromatic nitrogens is 1. The number of carbonyl (C=O) groups excluding carboxylic acids is 1. The molecule has 0 bridgehead atoms. The van der Waals surface area contributed by atoms with Crippen molar-refractivity contribution >= 4 is 16.8 Å². The summed E-state index contributed by atoms with van der Waals surface area (Å²) in [5.41, 5.74) is 2.60. The number of fused-ring (bicyclic) bond motifs is 1. The highest BCUT2D eigenvalue weighted by Crippen LogP contribution is 2.20. The maximum absolute atomic E-state index is 12.6. The van der Waals surface area contributed by atoms with Crippen LogP contribution in [0.25, 0.3) is 10.9 Å². The topological polar surface area (TPSA) is 48.6 Å². The van der Waals surface area contributed by atoms with E-state index in [2.05, 4.69) is 45.2 Å². The quantitative estimate of drug-likeness (QED) is 0.928. The number of hydrogen-bond acceptors (Lipinski definition) is 3. The van der Waals surface area contributed by atoms with Crippen molar-refractivity contribution in [1.29, 1.82) is 0 Å². The van der Waals surface area contributed by atoms with E-state index in [9.17, 15) is 4.79 Å². The lowest BCUT2D eigenvalue weighted by atomic mass is 9.98. The van der Waals surface area contributed by atoms with E-state index in [1.54, 1.807) is 0 Å². The van der Waals surface area contributed by atoms with Crippen LogP contribution in [-0.4, -0.2) is 66.6 Å². The first kappa shape index (κ1) is 16.6. The molecule has 134 valence electrons. The number of hydrogen-bond donors (Lipinski definition) is 1. The minimum absolute atomic E-state index is 0.187. The van der Waals surface area contributed by atoms with E-state index >= 15 is 0 Å². The monoisotopic (exact) mass is 341 g/mol. The first-order valence-electron chi connectivity index (χ1n) is 9.45. The molecule has 0 saturated carbocycles. The fourth-order valence-corrected chi connectivity index (χ4v) is 4.01. The Morgan fingerprint density at radius 3 is 2.68 bits per heavy atom. The Bertz CT molecular complexity index is 713. The number of rotatable bonds is 4. The molecule has 1 N–H and O–H groups in total. The lowest BCUT2D eigenvalue weighted by Crippen LogP contribution is -2.51. The smallest absolute Gasteiger partial charge is 0.225 e. The Hall–Kier alpha value is -1.85. The van der Waals surface area contributed by atoms with Gasteiger partial charge < -0.3 is 14.6 Å². The molecule has 1 aromatic heterocycles. The normalized spacial score (nSPS) is 20.2. The van der Waals surface area contributed by atoms with Crippen LogP contribution in [0.1, 0.15) is 18.4 Å². The molecule has 2 saturated heterocycles. The number of para-hydroxylation sites is 1. The number of benzene rings is 1. The zero-order chi connectivity index (χ0) is 17.1. The van der Waals surface area contributed by atoms with Gasteiger partial charge in [0.25, 0.3) is 0 Å². The number of H-pyrrole nitrogens is 1. The van der Waals surface area contributed by atoms with E-state index in [-0.39, 0.29) is 5.92 Å². The third kappa shape index (κ3) is 3.72. The van der Waals surface area contributed by atoms with E-state index in [1.165, 1.54) is 16.5 Å². The van der Waals surface area contributed by atoms with Crippen LogP contribution in [0.4, 0.5) is 0 Å². The molecule has 2 aliphatic rings. The standard InChI is InChI=1S/C20H27N3O2/c24-20(16-6-13-25-14-7-16)23-11-9-22(10-12-23)8-5-17-15-21-19-4-2-1-3-18(17)19/h1-4,15-16,21H,5-14H2. The number of piperazine rings is 1. The molecule has 0 aliphatic carbocycles. The van der Waals surface area contributed by atoms with Gasteiger partial charge in [0.15, 0.2) is 0 Å². The van der Waals surface area contributed by atoms with Gasteiger partial charge in [-0.15, -0.1) is 0 Å². The number of ether oxygens (including phenoxy) is 1. The average molecular weight is 341 g/mol. The second-order valence-electron chi connectivity index (χ2n) is 7.16. The minimum atomic E-state index is 0.187. The number of nitrogens with one attached hydrogen (secondary N) is 1. The van der Waals surface area contributed by atoms with Gasteiger partial charge in [0.2, 0.25) is 5.91 Å². The molecule has 0 spiro atoms. The highest BCUT2D eigenvalue weighted by molar-refractivity contribution is 5.83. The summed E-state index contributed by atoms with van der Waals surface area (Å²) in [5, 5.41) is 1.33. The van der Waals surface area contributed by atoms with Crippen molar-refractivity contribution in [3.63, 3.8) is 0 Å². The average Bonchev–Trinajstić information content (AvgIpc) is 3.10. The molecule has 3 heterocycles. The summed E-state index contributed by atoms with van der Waals surface area (Å²) in [7, 11) is 0. The molecule has 4 rings (SSSR count). The van der Waals surface area contributed by atoms with Crippen molar-refractivity contribution in [1.82, 2.24) is 14.8 Å². The largest absolute Gasteiger partial charge is 0.381 e. The molecule has 1 amide bonds. The van der Waals surface area contributed by atoms with Crippen LogP contribution in [-0.2, 0) is 16.0 Å². The molecule has 25 heavy (non-hydrogen) atoms. The first-order valence-corrected chi connectivity index (χ1v) is 9.45. The molecule has 1 aromatic carbocycles. The van der Waals surface area contributed by atoms with Gasteiger partial charge >= 0.3 is 0 Å². The van der Waals surface area contributed by atoms with E-state index < -0.39 is 0 Å². The predicted octanol–water partition coefficient (Wildman–Crippen LogP) is 2.28. The fourth-order valence-electron chi connectivity index (χ4n) is 4.01. The number of amides is 1. The Kier molecular flexibility index (Phi) is 5.04. The highest BCUT2D eigenvalue weighted by atomic mass is 16.5. The van der Waals surface area contributed by atoms with E-state index in [0.717, 1.165) is 65.2 Å². The van der Waals surface area contributed by atoms with Crippen LogP contribution < -0.4 is 0 Å². The highest BCUT2D eigenvalue weighted by Gasteiger charge is 2.28. The van der Waals surface area contributed by atoms with Crippen molar-refractivity contribution in [3.8, 4) is 0 Å². The molecule has 0 radical (unpaired) electrons. The van der Waals surface area contributed by atoms with E-state index in [0.29, 0.717) is 5.91 Å². The number of nitrogens with zero attached hydrogens (tertiary/aromatic N) is 2. The van der Waals surface area contributed by atoms with Crippen LogP contribution >= 0.6 is 0 Å². The summed E-state index contributed by atoms with van der Waals surface area (Å²) >= 11 is 0. The van der Waals surface area contributed by atoms with E-state index in [4.69, 9.17) is 4.74 Å². The van der Waals surface area contributed by atoms with Gasteiger partial charge in [-0.05, 0) is 30.9 Å². The van der Waals surface area contributed by atoms with Crippen LogP contribution in [0.15, 0.2) is 30.5 Å². The molecule has 0 atom stereocenters. The van der Waals surface area contributed by atoms with Crippen molar-refractivity contribution in [2.24, 2.45) is 5.92 Å². The molecule has 2 aromatic rings.